The lowest BCUT2D eigenvalue weighted by Gasteiger charge is -2.16. The van der Waals surface area contributed by atoms with Crippen LogP contribution in [0.5, 0.6) is 0 Å². The van der Waals surface area contributed by atoms with Crippen LogP contribution in [0.25, 0.3) is 0 Å². The topological polar surface area (TPSA) is 66.5 Å². The molecule has 0 aliphatic carbocycles. The number of carbonyl (C=O) groups is 1. The average Bonchev–Trinajstić information content (AvgIpc) is 2.98. The summed E-state index contributed by atoms with van der Waals surface area (Å²) in [6, 6.07) is 7.42. The standard InChI is InChI=1S/C17H14F4N2O3S/c1-10-6-13(18)3-5-15(10)22-27(25,26)14-4-2-11-8-23(9-12(11)7-14)16(24)17(19,20)21/h2-7,22H,8-9H2,1H3. The molecule has 0 unspecified atom stereocenters. The van der Waals surface area contributed by atoms with Crippen LogP contribution >= 0.6 is 0 Å². The third kappa shape index (κ3) is 3.90. The van der Waals surface area contributed by atoms with Crippen molar-refractivity contribution in [1.29, 1.82) is 0 Å². The Morgan fingerprint density at radius 3 is 2.37 bits per heavy atom. The highest BCUT2D eigenvalue weighted by molar-refractivity contribution is 7.92. The van der Waals surface area contributed by atoms with Crippen LogP contribution in [0.15, 0.2) is 41.3 Å². The molecular formula is C17H14F4N2O3S. The number of sulfonamides is 1. The molecule has 3 rings (SSSR count). The zero-order chi connectivity index (χ0) is 20.0. The molecule has 5 nitrogen and oxygen atoms in total. The first-order valence-electron chi connectivity index (χ1n) is 7.74. The third-order valence-corrected chi connectivity index (χ3v) is 5.54. The number of fused-ring (bicyclic) bond motifs is 1. The molecule has 0 radical (unpaired) electrons. The maximum atomic E-state index is 13.1. The molecule has 0 aromatic heterocycles. The highest BCUT2D eigenvalue weighted by Gasteiger charge is 2.44. The van der Waals surface area contributed by atoms with E-state index in [0.717, 1.165) is 6.07 Å². The fourth-order valence-corrected chi connectivity index (χ4v) is 3.99. The summed E-state index contributed by atoms with van der Waals surface area (Å²) in [6.07, 6.45) is -4.99. The summed E-state index contributed by atoms with van der Waals surface area (Å²) in [7, 11) is -4.03. The zero-order valence-corrected chi connectivity index (χ0v) is 14.8. The summed E-state index contributed by atoms with van der Waals surface area (Å²) in [4.78, 5) is 11.8. The molecular weight excluding hydrogens is 388 g/mol. The second-order valence-corrected chi connectivity index (χ2v) is 7.84. The number of benzene rings is 2. The van der Waals surface area contributed by atoms with Gasteiger partial charge in [-0.1, -0.05) is 6.07 Å². The van der Waals surface area contributed by atoms with Crippen molar-refractivity contribution in [3.8, 4) is 0 Å². The molecule has 27 heavy (non-hydrogen) atoms. The Morgan fingerprint density at radius 1 is 1.07 bits per heavy atom. The molecule has 2 aromatic rings. The monoisotopic (exact) mass is 402 g/mol. The van der Waals surface area contributed by atoms with Crippen molar-refractivity contribution in [1.82, 2.24) is 4.90 Å². The molecule has 0 spiro atoms. The molecule has 144 valence electrons. The van der Waals surface area contributed by atoms with Crippen molar-refractivity contribution < 1.29 is 30.8 Å². The Bertz CT molecular complexity index is 1020. The number of carbonyl (C=O) groups excluding carboxylic acids is 1. The highest BCUT2D eigenvalue weighted by Crippen LogP contribution is 2.30. The lowest BCUT2D eigenvalue weighted by atomic mass is 10.1. The normalized spacial score (nSPS) is 14.2. The molecule has 0 atom stereocenters. The second kappa shape index (κ2) is 6.52. The van der Waals surface area contributed by atoms with Gasteiger partial charge in [0.05, 0.1) is 10.6 Å². The van der Waals surface area contributed by atoms with Crippen LogP contribution in [-0.4, -0.2) is 25.4 Å². The van der Waals surface area contributed by atoms with Gasteiger partial charge < -0.3 is 4.90 Å². The van der Waals surface area contributed by atoms with E-state index in [1.807, 2.05) is 0 Å². The van der Waals surface area contributed by atoms with Crippen LogP contribution in [0.2, 0.25) is 0 Å². The summed E-state index contributed by atoms with van der Waals surface area (Å²) in [5.74, 6) is -2.48. The van der Waals surface area contributed by atoms with Gasteiger partial charge in [0.1, 0.15) is 5.82 Å². The van der Waals surface area contributed by atoms with Gasteiger partial charge in [0.25, 0.3) is 10.0 Å². The number of rotatable bonds is 3. The van der Waals surface area contributed by atoms with Crippen molar-refractivity contribution >= 4 is 21.6 Å². The van der Waals surface area contributed by atoms with Gasteiger partial charge in [-0.15, -0.1) is 0 Å². The van der Waals surface area contributed by atoms with E-state index in [-0.39, 0.29) is 23.7 Å². The first-order chi connectivity index (χ1) is 12.5. The van der Waals surface area contributed by atoms with Gasteiger partial charge in [0.15, 0.2) is 0 Å². The van der Waals surface area contributed by atoms with Crippen molar-refractivity contribution in [2.75, 3.05) is 4.72 Å². The molecule has 1 heterocycles. The fourth-order valence-electron chi connectivity index (χ4n) is 2.81. The number of alkyl halides is 3. The van der Waals surface area contributed by atoms with Gasteiger partial charge in [0.2, 0.25) is 0 Å². The summed E-state index contributed by atoms with van der Waals surface area (Å²) >= 11 is 0. The number of hydrogen-bond acceptors (Lipinski definition) is 3. The number of hydrogen-bond donors (Lipinski definition) is 1. The van der Waals surface area contributed by atoms with E-state index >= 15 is 0 Å². The highest BCUT2D eigenvalue weighted by atomic mass is 32.2. The molecule has 0 fully saturated rings. The van der Waals surface area contributed by atoms with E-state index in [2.05, 4.69) is 4.72 Å². The molecule has 0 bridgehead atoms. The Kier molecular flexibility index (Phi) is 4.62. The number of nitrogens with one attached hydrogen (secondary N) is 1. The lowest BCUT2D eigenvalue weighted by Crippen LogP contribution is -2.37. The first kappa shape index (κ1) is 19.2. The van der Waals surface area contributed by atoms with E-state index in [0.29, 0.717) is 21.6 Å². The smallest absolute Gasteiger partial charge is 0.326 e. The van der Waals surface area contributed by atoms with Crippen molar-refractivity contribution in [3.63, 3.8) is 0 Å². The summed E-state index contributed by atoms with van der Waals surface area (Å²) < 4.78 is 78.3. The third-order valence-electron chi connectivity index (χ3n) is 4.17. The van der Waals surface area contributed by atoms with Gasteiger partial charge in [-0.25, -0.2) is 12.8 Å². The Morgan fingerprint density at radius 2 is 1.74 bits per heavy atom. The minimum Gasteiger partial charge on any atom is -0.326 e. The van der Waals surface area contributed by atoms with Gasteiger partial charge in [0, 0.05) is 13.1 Å². The summed E-state index contributed by atoms with van der Waals surface area (Å²) in [6.45, 7) is 0.968. The molecule has 1 N–H and O–H groups in total. The summed E-state index contributed by atoms with van der Waals surface area (Å²) in [5, 5.41) is 0. The van der Waals surface area contributed by atoms with Crippen LogP contribution in [-0.2, 0) is 27.9 Å². The maximum Gasteiger partial charge on any atom is 0.471 e. The fraction of sp³-hybridized carbons (Fsp3) is 0.235. The van der Waals surface area contributed by atoms with Gasteiger partial charge >= 0.3 is 12.1 Å². The maximum absolute atomic E-state index is 13.1. The molecule has 2 aromatic carbocycles. The quantitative estimate of drug-likeness (QED) is 0.801. The van der Waals surface area contributed by atoms with Crippen LogP contribution < -0.4 is 4.72 Å². The summed E-state index contributed by atoms with van der Waals surface area (Å²) in [5.41, 5.74) is 1.34. The van der Waals surface area contributed by atoms with E-state index in [4.69, 9.17) is 0 Å². The Labute approximate surface area is 152 Å². The minimum atomic E-state index is -4.99. The van der Waals surface area contributed by atoms with Gasteiger partial charge in [-0.3, -0.25) is 9.52 Å². The number of halogens is 4. The molecule has 0 saturated carbocycles. The number of anilines is 1. The van der Waals surface area contributed by atoms with Crippen LogP contribution in [0.1, 0.15) is 16.7 Å². The molecule has 10 heteroatoms. The van der Waals surface area contributed by atoms with E-state index in [9.17, 15) is 30.8 Å². The Hall–Kier alpha value is -2.62. The second-order valence-electron chi connectivity index (χ2n) is 6.15. The number of amides is 1. The van der Waals surface area contributed by atoms with Gasteiger partial charge in [-0.05, 0) is 53.9 Å². The van der Waals surface area contributed by atoms with E-state index < -0.39 is 27.9 Å². The van der Waals surface area contributed by atoms with Crippen molar-refractivity contribution in [2.24, 2.45) is 0 Å². The first-order valence-corrected chi connectivity index (χ1v) is 9.22. The SMILES string of the molecule is Cc1cc(F)ccc1NS(=O)(=O)c1ccc2c(c1)CN(C(=O)C(F)(F)F)C2. The molecule has 1 amide bonds. The van der Waals surface area contributed by atoms with Crippen LogP contribution in [0, 0.1) is 12.7 Å². The van der Waals surface area contributed by atoms with E-state index in [1.54, 1.807) is 0 Å². The van der Waals surface area contributed by atoms with Crippen molar-refractivity contribution in [2.45, 2.75) is 31.1 Å². The van der Waals surface area contributed by atoms with Crippen molar-refractivity contribution in [3.05, 3.63) is 58.9 Å². The van der Waals surface area contributed by atoms with E-state index in [1.165, 1.54) is 37.3 Å². The Balaban J connectivity index is 1.85. The molecule has 1 aliphatic rings. The largest absolute Gasteiger partial charge is 0.471 e. The average molecular weight is 402 g/mol. The zero-order valence-electron chi connectivity index (χ0n) is 14.0. The van der Waals surface area contributed by atoms with Crippen LogP contribution in [0.4, 0.5) is 23.2 Å². The molecule has 0 saturated heterocycles. The van der Waals surface area contributed by atoms with Gasteiger partial charge in [-0.2, -0.15) is 13.2 Å². The lowest BCUT2D eigenvalue weighted by molar-refractivity contribution is -0.186. The van der Waals surface area contributed by atoms with Crippen LogP contribution in [0.3, 0.4) is 0 Å². The molecule has 1 aliphatic heterocycles. The predicted molar refractivity (Wildman–Crippen MR) is 88.7 cm³/mol. The number of nitrogens with zero attached hydrogens (tertiary/aromatic N) is 1. The minimum absolute atomic E-state index is 0.161. The predicted octanol–water partition coefficient (Wildman–Crippen LogP) is 3.34. The number of aryl methyl sites for hydroxylation is 1.